The monoisotopic (exact) mass is 454 g/mol. The van der Waals surface area contributed by atoms with Gasteiger partial charge in [0.1, 0.15) is 0 Å². The van der Waals surface area contributed by atoms with Crippen molar-refractivity contribution in [3.8, 4) is 11.3 Å². The van der Waals surface area contributed by atoms with Crippen LogP contribution in [0.5, 0.6) is 0 Å². The maximum absolute atomic E-state index is 13.1. The molecule has 0 N–H and O–H groups in total. The Bertz CT molecular complexity index is 1200. The van der Waals surface area contributed by atoms with Crippen LogP contribution in [0.1, 0.15) is 19.4 Å². The van der Waals surface area contributed by atoms with Gasteiger partial charge in [-0.05, 0) is 32.0 Å². The first kappa shape index (κ1) is 21.5. The summed E-state index contributed by atoms with van der Waals surface area (Å²) < 4.78 is 66.9. The second kappa shape index (κ2) is 7.75. The van der Waals surface area contributed by atoms with E-state index in [2.05, 4.69) is 15.1 Å². The largest absolute Gasteiger partial charge is 0.416 e. The van der Waals surface area contributed by atoms with E-state index in [9.17, 15) is 21.6 Å². The highest BCUT2D eigenvalue weighted by Gasteiger charge is 2.32. The number of hydrogen-bond donors (Lipinski definition) is 0. The molecule has 0 aliphatic carbocycles. The zero-order chi connectivity index (χ0) is 22.4. The van der Waals surface area contributed by atoms with Gasteiger partial charge < -0.3 is 4.90 Å². The van der Waals surface area contributed by atoms with Gasteiger partial charge in [-0.2, -0.15) is 27.0 Å². The molecule has 0 bridgehead atoms. The zero-order valence-electron chi connectivity index (χ0n) is 16.9. The predicted octanol–water partition coefficient (Wildman–Crippen LogP) is 2.67. The summed E-state index contributed by atoms with van der Waals surface area (Å²) in [5, 5.41) is 3.95. The van der Waals surface area contributed by atoms with Crippen LogP contribution < -0.4 is 4.90 Å². The summed E-state index contributed by atoms with van der Waals surface area (Å²) in [7, 11) is -3.33. The molecule has 8 nitrogen and oxygen atoms in total. The van der Waals surface area contributed by atoms with Crippen molar-refractivity contribution in [1.82, 2.24) is 23.9 Å². The molecule has 0 saturated carbocycles. The van der Waals surface area contributed by atoms with Gasteiger partial charge in [0.25, 0.3) is 5.78 Å². The number of benzene rings is 1. The minimum atomic E-state index is -4.45. The maximum atomic E-state index is 13.1. The Kier molecular flexibility index (Phi) is 5.38. The van der Waals surface area contributed by atoms with Crippen molar-refractivity contribution in [2.45, 2.75) is 25.3 Å². The fourth-order valence-electron chi connectivity index (χ4n) is 3.43. The molecule has 2 aromatic heterocycles. The summed E-state index contributed by atoms with van der Waals surface area (Å²) in [5.41, 5.74) is 0.0141. The molecule has 1 saturated heterocycles. The lowest BCUT2D eigenvalue weighted by Gasteiger charge is -2.34. The van der Waals surface area contributed by atoms with Crippen molar-refractivity contribution < 1.29 is 21.6 Å². The lowest BCUT2D eigenvalue weighted by Crippen LogP contribution is -2.50. The van der Waals surface area contributed by atoms with E-state index in [4.69, 9.17) is 0 Å². The van der Waals surface area contributed by atoms with Gasteiger partial charge >= 0.3 is 6.18 Å². The third-order valence-electron chi connectivity index (χ3n) is 5.19. The minimum Gasteiger partial charge on any atom is -0.337 e. The molecule has 1 fully saturated rings. The van der Waals surface area contributed by atoms with Gasteiger partial charge in [-0.15, -0.1) is 5.10 Å². The van der Waals surface area contributed by atoms with E-state index in [1.165, 1.54) is 21.1 Å². The van der Waals surface area contributed by atoms with Crippen molar-refractivity contribution in [1.29, 1.82) is 0 Å². The highest BCUT2D eigenvalue weighted by Crippen LogP contribution is 2.32. The standard InChI is InChI=1S/C19H21F3N6O2S/c1-13(2)31(29,30)27-10-8-26(9-11-27)18-24-17-23-7-6-16(28(17)25-18)14-4-3-5-15(12-14)19(20,21)22/h3-7,12-13H,8-11H2,1-2H3. The Hall–Kier alpha value is -2.73. The van der Waals surface area contributed by atoms with E-state index in [0.29, 0.717) is 43.4 Å². The van der Waals surface area contributed by atoms with Crippen LogP contribution in [0.4, 0.5) is 19.1 Å². The molecule has 3 heterocycles. The molecule has 0 amide bonds. The number of hydrogen-bond acceptors (Lipinski definition) is 6. The molecule has 0 radical (unpaired) electrons. The average molecular weight is 454 g/mol. The van der Waals surface area contributed by atoms with Gasteiger partial charge in [-0.1, -0.05) is 12.1 Å². The van der Waals surface area contributed by atoms with Crippen LogP contribution >= 0.6 is 0 Å². The molecule has 0 spiro atoms. The molecule has 0 atom stereocenters. The molecular formula is C19H21F3N6O2S. The lowest BCUT2D eigenvalue weighted by molar-refractivity contribution is -0.137. The molecule has 0 unspecified atom stereocenters. The van der Waals surface area contributed by atoms with E-state index >= 15 is 0 Å². The molecule has 1 aliphatic rings. The number of aromatic nitrogens is 4. The van der Waals surface area contributed by atoms with Crippen LogP contribution in [-0.2, 0) is 16.2 Å². The second-order valence-corrected chi connectivity index (χ2v) is 10.0. The van der Waals surface area contributed by atoms with Crippen molar-refractivity contribution in [3.63, 3.8) is 0 Å². The van der Waals surface area contributed by atoms with Gasteiger partial charge in [0, 0.05) is 37.9 Å². The van der Waals surface area contributed by atoms with Crippen molar-refractivity contribution in [2.75, 3.05) is 31.1 Å². The lowest BCUT2D eigenvalue weighted by atomic mass is 10.1. The van der Waals surface area contributed by atoms with Gasteiger partial charge in [0.2, 0.25) is 16.0 Å². The number of halogens is 3. The fourth-order valence-corrected chi connectivity index (χ4v) is 4.70. The van der Waals surface area contributed by atoms with E-state index in [1.807, 2.05) is 4.90 Å². The molecule has 1 aromatic carbocycles. The van der Waals surface area contributed by atoms with Crippen LogP contribution in [0.15, 0.2) is 36.5 Å². The number of anilines is 1. The summed E-state index contributed by atoms with van der Waals surface area (Å²) in [6, 6.07) is 6.57. The molecule has 4 rings (SSSR count). The minimum absolute atomic E-state index is 0.252. The molecule has 166 valence electrons. The number of fused-ring (bicyclic) bond motifs is 1. The normalized spacial score (nSPS) is 16.4. The molecule has 3 aromatic rings. The van der Waals surface area contributed by atoms with Gasteiger partial charge in [-0.3, -0.25) is 0 Å². The number of piperazine rings is 1. The van der Waals surface area contributed by atoms with Gasteiger partial charge in [-0.25, -0.2) is 13.4 Å². The highest BCUT2D eigenvalue weighted by molar-refractivity contribution is 7.89. The Morgan fingerprint density at radius 2 is 1.77 bits per heavy atom. The van der Waals surface area contributed by atoms with E-state index in [1.54, 1.807) is 26.0 Å². The SMILES string of the molecule is CC(C)S(=O)(=O)N1CCN(c2nc3nccc(-c4cccc(C(F)(F)F)c4)n3n2)CC1. The average Bonchev–Trinajstić information content (AvgIpc) is 3.17. The summed E-state index contributed by atoms with van der Waals surface area (Å²) in [6.45, 7) is 4.72. The van der Waals surface area contributed by atoms with E-state index < -0.39 is 27.0 Å². The smallest absolute Gasteiger partial charge is 0.337 e. The maximum Gasteiger partial charge on any atom is 0.416 e. The third kappa shape index (κ3) is 4.09. The first-order valence-corrected chi connectivity index (χ1v) is 11.2. The quantitative estimate of drug-likeness (QED) is 0.603. The van der Waals surface area contributed by atoms with Gasteiger partial charge in [0.05, 0.1) is 16.5 Å². The number of rotatable bonds is 4. The Morgan fingerprint density at radius 3 is 2.42 bits per heavy atom. The zero-order valence-corrected chi connectivity index (χ0v) is 17.7. The van der Waals surface area contributed by atoms with Crippen molar-refractivity contribution in [2.24, 2.45) is 0 Å². The number of sulfonamides is 1. The highest BCUT2D eigenvalue weighted by atomic mass is 32.2. The van der Waals surface area contributed by atoms with E-state index in [0.717, 1.165) is 12.1 Å². The molecule has 12 heteroatoms. The summed E-state index contributed by atoms with van der Waals surface area (Å²) >= 11 is 0. The molecule has 31 heavy (non-hydrogen) atoms. The third-order valence-corrected chi connectivity index (χ3v) is 7.47. The van der Waals surface area contributed by atoms with Crippen LogP contribution in [-0.4, -0.2) is 63.7 Å². The van der Waals surface area contributed by atoms with E-state index in [-0.39, 0.29) is 5.78 Å². The van der Waals surface area contributed by atoms with Gasteiger partial charge in [0.15, 0.2) is 0 Å². The Balaban J connectivity index is 1.62. The molecular weight excluding hydrogens is 433 g/mol. The number of nitrogens with zero attached hydrogens (tertiary/aromatic N) is 6. The summed E-state index contributed by atoms with van der Waals surface area (Å²) in [5.74, 6) is 0.607. The van der Waals surface area contributed by atoms with Crippen molar-refractivity contribution in [3.05, 3.63) is 42.1 Å². The Morgan fingerprint density at radius 1 is 1.06 bits per heavy atom. The van der Waals surface area contributed by atoms with Crippen LogP contribution in [0.25, 0.3) is 17.0 Å². The predicted molar refractivity (Wildman–Crippen MR) is 109 cm³/mol. The topological polar surface area (TPSA) is 83.7 Å². The molecule has 1 aliphatic heterocycles. The Labute approximate surface area is 177 Å². The summed E-state index contributed by atoms with van der Waals surface area (Å²) in [4.78, 5) is 10.4. The van der Waals surface area contributed by atoms with Crippen molar-refractivity contribution >= 4 is 21.7 Å². The first-order chi connectivity index (χ1) is 14.6. The van der Waals surface area contributed by atoms with Crippen LogP contribution in [0.2, 0.25) is 0 Å². The summed E-state index contributed by atoms with van der Waals surface area (Å²) in [6.07, 6.45) is -2.98. The fraction of sp³-hybridized carbons (Fsp3) is 0.421. The number of alkyl halides is 3. The van der Waals surface area contributed by atoms with Crippen LogP contribution in [0, 0.1) is 0 Å². The van der Waals surface area contributed by atoms with Crippen LogP contribution in [0.3, 0.4) is 0 Å². The first-order valence-electron chi connectivity index (χ1n) is 9.70. The second-order valence-electron chi connectivity index (χ2n) is 7.51.